The first-order valence-electron chi connectivity index (χ1n) is 7.92. The molecule has 0 aliphatic carbocycles. The number of carbonyl (C=O) groups excluding carboxylic acids is 2. The van der Waals surface area contributed by atoms with Crippen molar-refractivity contribution in [1.82, 2.24) is 9.80 Å². The lowest BCUT2D eigenvalue weighted by Crippen LogP contribution is -2.50. The Morgan fingerprint density at radius 3 is 2.38 bits per heavy atom. The number of hydrogen-bond acceptors (Lipinski definition) is 4. The van der Waals surface area contributed by atoms with Crippen LogP contribution < -0.4 is 5.32 Å². The third kappa shape index (κ3) is 3.93. The minimum Gasteiger partial charge on any atom is -0.360 e. The maximum atomic E-state index is 12.5. The van der Waals surface area contributed by atoms with Crippen LogP contribution in [-0.2, 0) is 9.59 Å². The van der Waals surface area contributed by atoms with Crippen LogP contribution in [0.5, 0.6) is 0 Å². The average Bonchev–Trinajstić information content (AvgIpc) is 2.58. The minimum absolute atomic E-state index is 0.00902. The van der Waals surface area contributed by atoms with E-state index in [0.717, 1.165) is 16.8 Å². The quantitative estimate of drug-likeness (QED) is 0.679. The Labute approximate surface area is 142 Å². The van der Waals surface area contributed by atoms with Crippen LogP contribution in [0.15, 0.2) is 30.0 Å². The molecule has 1 N–H and O–H groups in total. The van der Waals surface area contributed by atoms with Crippen LogP contribution in [0, 0.1) is 25.2 Å². The Hall–Kier alpha value is -2.81. The number of nitriles is 1. The van der Waals surface area contributed by atoms with Crippen molar-refractivity contribution < 1.29 is 9.59 Å². The molecule has 1 aliphatic rings. The predicted octanol–water partition coefficient (Wildman–Crippen LogP) is 1.81. The summed E-state index contributed by atoms with van der Waals surface area (Å²) in [6, 6.07) is 7.80. The van der Waals surface area contributed by atoms with Gasteiger partial charge < -0.3 is 15.1 Å². The fourth-order valence-electron chi connectivity index (χ4n) is 2.59. The van der Waals surface area contributed by atoms with E-state index in [0.29, 0.717) is 26.2 Å². The first kappa shape index (κ1) is 17.5. The lowest BCUT2D eigenvalue weighted by molar-refractivity contribution is -0.136. The Balaban J connectivity index is 2.05. The van der Waals surface area contributed by atoms with Gasteiger partial charge in [-0.1, -0.05) is 12.1 Å². The molecule has 6 heteroatoms. The second-order valence-corrected chi connectivity index (χ2v) is 5.86. The number of hydrogen-bond donors (Lipinski definition) is 1. The Bertz CT molecular complexity index is 710. The smallest absolute Gasteiger partial charge is 0.266 e. The molecule has 0 unspecified atom stereocenters. The Morgan fingerprint density at radius 2 is 1.79 bits per heavy atom. The normalized spacial score (nSPS) is 15.0. The van der Waals surface area contributed by atoms with Crippen molar-refractivity contribution in [2.24, 2.45) is 0 Å². The summed E-state index contributed by atoms with van der Waals surface area (Å²) in [6.45, 7) is 7.41. The fraction of sp³-hybridized carbons (Fsp3) is 0.389. The van der Waals surface area contributed by atoms with E-state index in [2.05, 4.69) is 5.32 Å². The molecule has 2 rings (SSSR count). The largest absolute Gasteiger partial charge is 0.360 e. The molecule has 126 valence electrons. The number of aryl methyl sites for hydroxylation is 1. The number of benzene rings is 1. The van der Waals surface area contributed by atoms with E-state index in [1.807, 2.05) is 38.1 Å². The van der Waals surface area contributed by atoms with Gasteiger partial charge in [0.2, 0.25) is 5.91 Å². The molecule has 1 saturated heterocycles. The predicted molar refractivity (Wildman–Crippen MR) is 92.1 cm³/mol. The summed E-state index contributed by atoms with van der Waals surface area (Å²) >= 11 is 0. The molecular formula is C18H22N4O2. The molecule has 0 spiro atoms. The van der Waals surface area contributed by atoms with Gasteiger partial charge in [-0.25, -0.2) is 0 Å². The van der Waals surface area contributed by atoms with E-state index in [-0.39, 0.29) is 17.4 Å². The van der Waals surface area contributed by atoms with Gasteiger partial charge in [-0.2, -0.15) is 5.26 Å². The number of rotatable bonds is 3. The van der Waals surface area contributed by atoms with Crippen LogP contribution >= 0.6 is 0 Å². The summed E-state index contributed by atoms with van der Waals surface area (Å²) in [5.74, 6) is -0.298. The van der Waals surface area contributed by atoms with Crippen LogP contribution in [0.3, 0.4) is 0 Å². The summed E-state index contributed by atoms with van der Waals surface area (Å²) in [4.78, 5) is 27.1. The number of amides is 2. The zero-order valence-electron chi connectivity index (χ0n) is 14.3. The van der Waals surface area contributed by atoms with E-state index >= 15 is 0 Å². The minimum atomic E-state index is -0.307. The first-order chi connectivity index (χ1) is 11.4. The van der Waals surface area contributed by atoms with Crippen molar-refractivity contribution in [1.29, 1.82) is 5.26 Å². The molecule has 24 heavy (non-hydrogen) atoms. The van der Waals surface area contributed by atoms with E-state index in [9.17, 15) is 14.9 Å². The van der Waals surface area contributed by atoms with Gasteiger partial charge in [-0.3, -0.25) is 9.59 Å². The zero-order valence-corrected chi connectivity index (χ0v) is 14.3. The van der Waals surface area contributed by atoms with Gasteiger partial charge in [-0.05, 0) is 31.0 Å². The van der Waals surface area contributed by atoms with Crippen LogP contribution in [0.2, 0.25) is 0 Å². The number of carbonyl (C=O) groups is 2. The fourth-order valence-corrected chi connectivity index (χ4v) is 2.59. The van der Waals surface area contributed by atoms with Gasteiger partial charge in [0.15, 0.2) is 0 Å². The van der Waals surface area contributed by atoms with Crippen molar-refractivity contribution in [3.63, 3.8) is 0 Å². The third-order valence-electron chi connectivity index (χ3n) is 4.34. The molecule has 0 aromatic heterocycles. The molecule has 2 amide bonds. The van der Waals surface area contributed by atoms with Crippen molar-refractivity contribution in [2.45, 2.75) is 20.8 Å². The van der Waals surface area contributed by atoms with E-state index in [1.165, 1.54) is 13.1 Å². The molecule has 1 aromatic carbocycles. The van der Waals surface area contributed by atoms with Crippen molar-refractivity contribution in [3.05, 3.63) is 41.1 Å². The van der Waals surface area contributed by atoms with Gasteiger partial charge in [0.1, 0.15) is 11.6 Å². The standard InChI is InChI=1S/C18H22N4O2/c1-13-5-4-6-17(14(13)2)20-12-16(11-19)18(24)22-9-7-21(8-10-22)15(3)23/h4-6,12,20H,7-10H2,1-3H3/b16-12-. The van der Waals surface area contributed by atoms with Crippen molar-refractivity contribution in [3.8, 4) is 6.07 Å². The summed E-state index contributed by atoms with van der Waals surface area (Å²) < 4.78 is 0. The van der Waals surface area contributed by atoms with Gasteiger partial charge in [0, 0.05) is 45.0 Å². The van der Waals surface area contributed by atoms with Crippen LogP contribution in [0.1, 0.15) is 18.1 Å². The van der Waals surface area contributed by atoms with Gasteiger partial charge in [0.05, 0.1) is 0 Å². The number of nitrogens with zero attached hydrogens (tertiary/aromatic N) is 3. The van der Waals surface area contributed by atoms with Crippen molar-refractivity contribution in [2.75, 3.05) is 31.5 Å². The highest BCUT2D eigenvalue weighted by atomic mass is 16.2. The summed E-state index contributed by atoms with van der Waals surface area (Å²) in [5, 5.41) is 12.4. The second kappa shape index (κ2) is 7.64. The maximum absolute atomic E-state index is 12.5. The first-order valence-corrected chi connectivity index (χ1v) is 7.92. The van der Waals surface area contributed by atoms with E-state index in [4.69, 9.17) is 0 Å². The summed E-state index contributed by atoms with van der Waals surface area (Å²) in [5.41, 5.74) is 3.15. The molecule has 0 radical (unpaired) electrons. The average molecular weight is 326 g/mol. The Kier molecular flexibility index (Phi) is 5.59. The molecule has 1 aromatic rings. The maximum Gasteiger partial charge on any atom is 0.266 e. The Morgan fingerprint density at radius 1 is 1.17 bits per heavy atom. The van der Waals surface area contributed by atoms with Crippen LogP contribution in [0.25, 0.3) is 0 Å². The molecule has 1 heterocycles. The molecule has 6 nitrogen and oxygen atoms in total. The van der Waals surface area contributed by atoms with E-state index in [1.54, 1.807) is 9.80 Å². The number of piperazine rings is 1. The SMILES string of the molecule is CC(=O)N1CCN(C(=O)/C(C#N)=C\Nc2cccc(C)c2C)CC1. The highest BCUT2D eigenvalue weighted by Crippen LogP contribution is 2.18. The summed E-state index contributed by atoms with van der Waals surface area (Å²) in [7, 11) is 0. The van der Waals surface area contributed by atoms with Crippen LogP contribution in [0.4, 0.5) is 5.69 Å². The molecular weight excluding hydrogens is 304 g/mol. The lowest BCUT2D eigenvalue weighted by atomic mass is 10.1. The van der Waals surface area contributed by atoms with Gasteiger partial charge >= 0.3 is 0 Å². The monoisotopic (exact) mass is 326 g/mol. The number of nitrogens with one attached hydrogen (secondary N) is 1. The van der Waals surface area contributed by atoms with Gasteiger partial charge in [0.25, 0.3) is 5.91 Å². The van der Waals surface area contributed by atoms with Crippen LogP contribution in [-0.4, -0.2) is 47.8 Å². The highest BCUT2D eigenvalue weighted by Gasteiger charge is 2.24. The van der Waals surface area contributed by atoms with Crippen molar-refractivity contribution >= 4 is 17.5 Å². The van der Waals surface area contributed by atoms with Gasteiger partial charge in [-0.15, -0.1) is 0 Å². The highest BCUT2D eigenvalue weighted by molar-refractivity contribution is 5.97. The molecule has 0 bridgehead atoms. The molecule has 0 atom stereocenters. The molecule has 0 saturated carbocycles. The topological polar surface area (TPSA) is 76.4 Å². The number of anilines is 1. The summed E-state index contributed by atoms with van der Waals surface area (Å²) in [6.07, 6.45) is 1.46. The zero-order chi connectivity index (χ0) is 17.7. The van der Waals surface area contributed by atoms with E-state index < -0.39 is 0 Å². The molecule has 1 aliphatic heterocycles. The lowest BCUT2D eigenvalue weighted by Gasteiger charge is -2.34. The second-order valence-electron chi connectivity index (χ2n) is 5.86. The molecule has 1 fully saturated rings. The third-order valence-corrected chi connectivity index (χ3v) is 4.34.